The van der Waals surface area contributed by atoms with Gasteiger partial charge in [0.1, 0.15) is 0 Å². The Labute approximate surface area is 124 Å². The van der Waals surface area contributed by atoms with Crippen molar-refractivity contribution >= 4 is 12.0 Å². The first-order valence-electron chi connectivity index (χ1n) is 7.08. The van der Waals surface area contributed by atoms with Gasteiger partial charge >= 0.3 is 12.0 Å². The maximum absolute atomic E-state index is 11.9. The van der Waals surface area contributed by atoms with Gasteiger partial charge < -0.3 is 15.7 Å². The van der Waals surface area contributed by atoms with E-state index in [0.717, 1.165) is 12.8 Å². The van der Waals surface area contributed by atoms with Crippen LogP contribution >= 0.6 is 0 Å². The molecule has 2 amide bonds. The van der Waals surface area contributed by atoms with Crippen molar-refractivity contribution in [1.82, 2.24) is 20.4 Å². The molecular weight excluding hydrogens is 272 g/mol. The minimum absolute atomic E-state index is 0.00394. The van der Waals surface area contributed by atoms with Gasteiger partial charge in [0, 0.05) is 24.8 Å². The first-order chi connectivity index (χ1) is 9.79. The summed E-state index contributed by atoms with van der Waals surface area (Å²) in [5.41, 5.74) is 0.440. The number of carboxylic acid groups (broad SMARTS) is 1. The molecule has 1 aromatic rings. The Hall–Kier alpha value is -2.05. The maximum Gasteiger partial charge on any atom is 0.331 e. The lowest BCUT2D eigenvalue weighted by Crippen LogP contribution is -2.44. The van der Waals surface area contributed by atoms with Crippen LogP contribution in [0.4, 0.5) is 4.79 Å². The van der Waals surface area contributed by atoms with Crippen LogP contribution in [0.3, 0.4) is 0 Å². The third-order valence-corrected chi connectivity index (χ3v) is 3.14. The van der Waals surface area contributed by atoms with Crippen LogP contribution in [0.2, 0.25) is 0 Å². The van der Waals surface area contributed by atoms with E-state index in [1.165, 1.54) is 10.9 Å². The van der Waals surface area contributed by atoms with Crippen LogP contribution in [0.1, 0.15) is 45.2 Å². The number of hydrogen-bond donors (Lipinski definition) is 3. The summed E-state index contributed by atoms with van der Waals surface area (Å²) in [4.78, 5) is 23.1. The number of nitrogens with zero attached hydrogens (tertiary/aromatic N) is 2. The smallest absolute Gasteiger partial charge is 0.331 e. The molecule has 0 aromatic carbocycles. The SMILES string of the molecule is CC(C)CCC(C)NC(=O)NC(C(=O)O)c1cnn(C)c1. The zero-order valence-electron chi connectivity index (χ0n) is 13.0. The number of nitrogens with one attached hydrogen (secondary N) is 2. The van der Waals surface area contributed by atoms with E-state index < -0.39 is 18.0 Å². The summed E-state index contributed by atoms with van der Waals surface area (Å²) in [5.74, 6) is -0.549. The monoisotopic (exact) mass is 296 g/mol. The van der Waals surface area contributed by atoms with Crippen LogP contribution in [-0.2, 0) is 11.8 Å². The molecule has 2 atom stereocenters. The number of hydrogen-bond acceptors (Lipinski definition) is 3. The summed E-state index contributed by atoms with van der Waals surface area (Å²) in [6.07, 6.45) is 4.87. The second-order valence-electron chi connectivity index (χ2n) is 5.71. The zero-order valence-corrected chi connectivity index (χ0v) is 13.0. The van der Waals surface area contributed by atoms with Gasteiger partial charge in [-0.15, -0.1) is 0 Å². The fourth-order valence-electron chi connectivity index (χ4n) is 1.93. The van der Waals surface area contributed by atoms with Crippen molar-refractivity contribution in [3.63, 3.8) is 0 Å². The summed E-state index contributed by atoms with van der Waals surface area (Å²) in [6.45, 7) is 6.15. The highest BCUT2D eigenvalue weighted by atomic mass is 16.4. The Balaban J connectivity index is 2.55. The first-order valence-corrected chi connectivity index (χ1v) is 7.08. The summed E-state index contributed by atoms with van der Waals surface area (Å²) < 4.78 is 1.50. The van der Waals surface area contributed by atoms with Gasteiger partial charge in [-0.2, -0.15) is 5.10 Å². The van der Waals surface area contributed by atoms with E-state index >= 15 is 0 Å². The van der Waals surface area contributed by atoms with Crippen LogP contribution in [0, 0.1) is 5.92 Å². The molecule has 0 spiro atoms. The van der Waals surface area contributed by atoms with Gasteiger partial charge in [0.15, 0.2) is 6.04 Å². The highest BCUT2D eigenvalue weighted by molar-refractivity contribution is 5.83. The van der Waals surface area contributed by atoms with E-state index in [4.69, 9.17) is 0 Å². The molecule has 0 saturated carbocycles. The van der Waals surface area contributed by atoms with E-state index in [-0.39, 0.29) is 6.04 Å². The lowest BCUT2D eigenvalue weighted by atomic mass is 10.0. The van der Waals surface area contributed by atoms with Crippen LogP contribution in [0.25, 0.3) is 0 Å². The normalized spacial score (nSPS) is 13.8. The van der Waals surface area contributed by atoms with E-state index in [9.17, 15) is 14.7 Å². The van der Waals surface area contributed by atoms with Crippen molar-refractivity contribution in [2.24, 2.45) is 13.0 Å². The number of amides is 2. The average molecular weight is 296 g/mol. The highest BCUT2D eigenvalue weighted by Crippen LogP contribution is 2.12. The molecule has 0 aliphatic carbocycles. The highest BCUT2D eigenvalue weighted by Gasteiger charge is 2.23. The largest absolute Gasteiger partial charge is 0.479 e. The molecule has 0 radical (unpaired) electrons. The van der Waals surface area contributed by atoms with Crippen molar-refractivity contribution in [1.29, 1.82) is 0 Å². The maximum atomic E-state index is 11.9. The van der Waals surface area contributed by atoms with Crippen molar-refractivity contribution in [2.45, 2.75) is 45.7 Å². The minimum Gasteiger partial charge on any atom is -0.479 e. The van der Waals surface area contributed by atoms with Crippen LogP contribution in [-0.4, -0.2) is 32.9 Å². The molecule has 0 aliphatic rings. The van der Waals surface area contributed by atoms with Crippen LogP contribution < -0.4 is 10.6 Å². The van der Waals surface area contributed by atoms with E-state index in [1.807, 2.05) is 6.92 Å². The molecule has 0 bridgehead atoms. The van der Waals surface area contributed by atoms with Crippen molar-refractivity contribution in [3.05, 3.63) is 18.0 Å². The standard InChI is InChI=1S/C14H24N4O3/c1-9(2)5-6-10(3)16-14(21)17-12(13(19)20)11-7-15-18(4)8-11/h7-10,12H,5-6H2,1-4H3,(H,19,20)(H2,16,17,21). The predicted octanol–water partition coefficient (Wildman–Crippen LogP) is 1.67. The molecule has 1 aromatic heterocycles. The topological polar surface area (TPSA) is 96.2 Å². The number of aryl methyl sites for hydroxylation is 1. The molecule has 2 unspecified atom stereocenters. The van der Waals surface area contributed by atoms with E-state index in [1.54, 1.807) is 13.2 Å². The van der Waals surface area contributed by atoms with Gasteiger partial charge in [-0.25, -0.2) is 9.59 Å². The number of carbonyl (C=O) groups is 2. The third kappa shape index (κ3) is 5.85. The number of aliphatic carboxylic acids is 1. The molecule has 3 N–H and O–H groups in total. The van der Waals surface area contributed by atoms with Gasteiger partial charge in [0.25, 0.3) is 0 Å². The molecule has 0 fully saturated rings. The zero-order chi connectivity index (χ0) is 16.0. The van der Waals surface area contributed by atoms with Crippen molar-refractivity contribution in [2.75, 3.05) is 0 Å². The average Bonchev–Trinajstić information content (AvgIpc) is 2.79. The second kappa shape index (κ2) is 7.66. The Morgan fingerprint density at radius 3 is 2.43 bits per heavy atom. The fraction of sp³-hybridized carbons (Fsp3) is 0.643. The molecule has 0 aliphatic heterocycles. The predicted molar refractivity (Wildman–Crippen MR) is 78.8 cm³/mol. The van der Waals surface area contributed by atoms with Crippen molar-refractivity contribution in [3.8, 4) is 0 Å². The Bertz CT molecular complexity index is 484. The van der Waals surface area contributed by atoms with Gasteiger partial charge in [0.2, 0.25) is 0 Å². The van der Waals surface area contributed by atoms with Gasteiger partial charge in [-0.1, -0.05) is 13.8 Å². The number of rotatable bonds is 7. The third-order valence-electron chi connectivity index (χ3n) is 3.14. The molecule has 0 saturated heterocycles. The van der Waals surface area contributed by atoms with E-state index in [0.29, 0.717) is 11.5 Å². The van der Waals surface area contributed by atoms with Crippen LogP contribution in [0.5, 0.6) is 0 Å². The minimum atomic E-state index is -1.12. The first kappa shape index (κ1) is 17.0. The van der Waals surface area contributed by atoms with E-state index in [2.05, 4.69) is 29.6 Å². The second-order valence-corrected chi connectivity index (χ2v) is 5.71. The quantitative estimate of drug-likeness (QED) is 0.713. The molecule has 21 heavy (non-hydrogen) atoms. The van der Waals surface area contributed by atoms with Crippen molar-refractivity contribution < 1.29 is 14.7 Å². The summed E-state index contributed by atoms with van der Waals surface area (Å²) in [6, 6.07) is -1.59. The Morgan fingerprint density at radius 2 is 1.95 bits per heavy atom. The molecule has 1 heterocycles. The van der Waals surface area contributed by atoms with Crippen LogP contribution in [0.15, 0.2) is 12.4 Å². The molecule has 118 valence electrons. The summed E-state index contributed by atoms with van der Waals surface area (Å²) in [5, 5.41) is 18.4. The number of carbonyl (C=O) groups excluding carboxylic acids is 1. The number of aromatic nitrogens is 2. The molecule has 7 heteroatoms. The van der Waals surface area contributed by atoms with Gasteiger partial charge in [0.05, 0.1) is 6.20 Å². The van der Waals surface area contributed by atoms with Gasteiger partial charge in [-0.05, 0) is 25.7 Å². The summed E-state index contributed by atoms with van der Waals surface area (Å²) in [7, 11) is 1.69. The Morgan fingerprint density at radius 1 is 1.29 bits per heavy atom. The lowest BCUT2D eigenvalue weighted by molar-refractivity contribution is -0.139. The molecular formula is C14H24N4O3. The number of urea groups is 1. The Kier molecular flexibility index (Phi) is 6.20. The molecule has 7 nitrogen and oxygen atoms in total. The molecule has 1 rings (SSSR count). The van der Waals surface area contributed by atoms with Gasteiger partial charge in [-0.3, -0.25) is 4.68 Å². The lowest BCUT2D eigenvalue weighted by Gasteiger charge is -2.18. The summed E-state index contributed by atoms with van der Waals surface area (Å²) >= 11 is 0. The fourth-order valence-corrected chi connectivity index (χ4v) is 1.93. The number of carboxylic acids is 1.